The fourth-order valence-electron chi connectivity index (χ4n) is 1.30. The SMILES string of the molecule is CO[C@H]1CCN(C)C[C@@H]1F. The van der Waals surface area contributed by atoms with E-state index in [-0.39, 0.29) is 6.10 Å². The Balaban J connectivity index is 2.36. The van der Waals surface area contributed by atoms with Crippen LogP contribution in [0.1, 0.15) is 6.42 Å². The van der Waals surface area contributed by atoms with Crippen LogP contribution in [-0.2, 0) is 4.74 Å². The van der Waals surface area contributed by atoms with E-state index in [0.29, 0.717) is 6.54 Å². The van der Waals surface area contributed by atoms with Crippen molar-refractivity contribution in [1.29, 1.82) is 0 Å². The summed E-state index contributed by atoms with van der Waals surface area (Å²) in [6.07, 6.45) is -0.159. The van der Waals surface area contributed by atoms with Gasteiger partial charge in [0, 0.05) is 20.2 Å². The zero-order valence-electron chi connectivity index (χ0n) is 6.51. The van der Waals surface area contributed by atoms with Crippen LogP contribution in [0.2, 0.25) is 0 Å². The predicted molar refractivity (Wildman–Crippen MR) is 37.8 cm³/mol. The van der Waals surface area contributed by atoms with Crippen molar-refractivity contribution in [3.8, 4) is 0 Å². The molecule has 1 saturated heterocycles. The molecule has 0 bridgehead atoms. The van der Waals surface area contributed by atoms with Crippen molar-refractivity contribution in [2.75, 3.05) is 27.2 Å². The van der Waals surface area contributed by atoms with Gasteiger partial charge in [0.2, 0.25) is 0 Å². The largest absolute Gasteiger partial charge is 0.378 e. The quantitative estimate of drug-likeness (QED) is 0.540. The summed E-state index contributed by atoms with van der Waals surface area (Å²) in [4.78, 5) is 1.99. The van der Waals surface area contributed by atoms with Crippen LogP contribution in [-0.4, -0.2) is 44.4 Å². The number of methoxy groups -OCH3 is 1. The number of alkyl halides is 1. The number of nitrogens with zero attached hydrogens (tertiary/aromatic N) is 1. The Morgan fingerprint density at radius 1 is 1.60 bits per heavy atom. The van der Waals surface area contributed by atoms with E-state index in [9.17, 15) is 4.39 Å². The topological polar surface area (TPSA) is 12.5 Å². The van der Waals surface area contributed by atoms with E-state index in [0.717, 1.165) is 13.0 Å². The third kappa shape index (κ3) is 1.67. The van der Waals surface area contributed by atoms with Crippen LogP contribution in [0.4, 0.5) is 4.39 Å². The molecule has 0 aromatic heterocycles. The molecule has 0 N–H and O–H groups in total. The molecular formula is C7H14FNO. The van der Waals surface area contributed by atoms with Gasteiger partial charge in [-0.2, -0.15) is 0 Å². The Bertz CT molecular complexity index is 110. The van der Waals surface area contributed by atoms with Gasteiger partial charge in [-0.15, -0.1) is 0 Å². The summed E-state index contributed by atoms with van der Waals surface area (Å²) in [5, 5.41) is 0. The molecule has 60 valence electrons. The summed E-state index contributed by atoms with van der Waals surface area (Å²) < 4.78 is 17.9. The Labute approximate surface area is 61.0 Å². The minimum absolute atomic E-state index is 0.170. The van der Waals surface area contributed by atoms with E-state index >= 15 is 0 Å². The smallest absolute Gasteiger partial charge is 0.139 e. The Morgan fingerprint density at radius 3 is 2.80 bits per heavy atom. The molecule has 0 amide bonds. The number of rotatable bonds is 1. The average molecular weight is 147 g/mol. The van der Waals surface area contributed by atoms with Crippen LogP contribution < -0.4 is 0 Å². The number of ether oxygens (including phenoxy) is 1. The Kier molecular flexibility index (Phi) is 2.63. The highest BCUT2D eigenvalue weighted by Gasteiger charge is 2.26. The lowest BCUT2D eigenvalue weighted by molar-refractivity contribution is -0.0158. The van der Waals surface area contributed by atoms with Crippen LogP contribution in [0.3, 0.4) is 0 Å². The second-order valence-corrected chi connectivity index (χ2v) is 2.84. The van der Waals surface area contributed by atoms with Crippen molar-refractivity contribution in [2.45, 2.75) is 18.7 Å². The Morgan fingerprint density at radius 2 is 2.30 bits per heavy atom. The second-order valence-electron chi connectivity index (χ2n) is 2.84. The van der Waals surface area contributed by atoms with Crippen molar-refractivity contribution in [2.24, 2.45) is 0 Å². The van der Waals surface area contributed by atoms with E-state index in [4.69, 9.17) is 4.74 Å². The summed E-state index contributed by atoms with van der Waals surface area (Å²) in [6.45, 7) is 1.46. The maximum atomic E-state index is 12.9. The molecule has 2 nitrogen and oxygen atoms in total. The highest BCUT2D eigenvalue weighted by atomic mass is 19.1. The molecule has 1 rings (SSSR count). The molecule has 1 aliphatic rings. The molecule has 0 radical (unpaired) electrons. The molecule has 0 spiro atoms. The van der Waals surface area contributed by atoms with Gasteiger partial charge in [-0.05, 0) is 13.5 Å². The van der Waals surface area contributed by atoms with Crippen molar-refractivity contribution in [3.05, 3.63) is 0 Å². The number of halogens is 1. The van der Waals surface area contributed by atoms with Crippen LogP contribution >= 0.6 is 0 Å². The molecule has 1 aliphatic heterocycles. The maximum absolute atomic E-state index is 12.9. The molecule has 1 heterocycles. The van der Waals surface area contributed by atoms with Crippen molar-refractivity contribution in [3.63, 3.8) is 0 Å². The second kappa shape index (κ2) is 3.30. The third-order valence-electron chi connectivity index (χ3n) is 1.99. The fraction of sp³-hybridized carbons (Fsp3) is 1.00. The molecule has 10 heavy (non-hydrogen) atoms. The van der Waals surface area contributed by atoms with Gasteiger partial charge in [-0.1, -0.05) is 0 Å². The summed E-state index contributed by atoms with van der Waals surface area (Å²) in [7, 11) is 3.50. The first-order chi connectivity index (χ1) is 4.74. The van der Waals surface area contributed by atoms with Gasteiger partial charge in [0.25, 0.3) is 0 Å². The van der Waals surface area contributed by atoms with E-state index in [2.05, 4.69) is 0 Å². The third-order valence-corrected chi connectivity index (χ3v) is 1.99. The lowest BCUT2D eigenvalue weighted by Gasteiger charge is -2.30. The molecule has 0 aromatic carbocycles. The van der Waals surface area contributed by atoms with E-state index in [1.54, 1.807) is 7.11 Å². The first kappa shape index (κ1) is 7.95. The number of likely N-dealkylation sites (tertiary alicyclic amines) is 1. The molecule has 1 fully saturated rings. The maximum Gasteiger partial charge on any atom is 0.139 e. The van der Waals surface area contributed by atoms with Crippen LogP contribution in [0.5, 0.6) is 0 Å². The summed E-state index contributed by atoms with van der Waals surface area (Å²) in [5.41, 5.74) is 0. The highest BCUT2D eigenvalue weighted by Crippen LogP contribution is 2.14. The predicted octanol–water partition coefficient (Wildman–Crippen LogP) is 0.675. The summed E-state index contributed by atoms with van der Waals surface area (Å²) in [5.74, 6) is 0. The molecule has 3 heteroatoms. The minimum Gasteiger partial charge on any atom is -0.378 e. The first-order valence-electron chi connectivity index (χ1n) is 3.59. The normalized spacial score (nSPS) is 36.3. The van der Waals surface area contributed by atoms with Crippen LogP contribution in [0.25, 0.3) is 0 Å². The van der Waals surface area contributed by atoms with Crippen molar-refractivity contribution in [1.82, 2.24) is 4.90 Å². The Hall–Kier alpha value is -0.150. The number of piperidine rings is 1. The van der Waals surface area contributed by atoms with E-state index in [1.807, 2.05) is 11.9 Å². The highest BCUT2D eigenvalue weighted by molar-refractivity contribution is 4.78. The summed E-state index contributed by atoms with van der Waals surface area (Å²) >= 11 is 0. The first-order valence-corrected chi connectivity index (χ1v) is 3.59. The molecule has 0 saturated carbocycles. The summed E-state index contributed by atoms with van der Waals surface area (Å²) in [6, 6.07) is 0. The molecule has 0 aromatic rings. The zero-order valence-corrected chi connectivity index (χ0v) is 6.51. The van der Waals surface area contributed by atoms with Crippen molar-refractivity contribution < 1.29 is 9.13 Å². The van der Waals surface area contributed by atoms with Gasteiger partial charge in [0.05, 0.1) is 6.10 Å². The van der Waals surface area contributed by atoms with E-state index < -0.39 is 6.17 Å². The van der Waals surface area contributed by atoms with Gasteiger partial charge in [-0.25, -0.2) is 4.39 Å². The van der Waals surface area contributed by atoms with Crippen LogP contribution in [0, 0.1) is 0 Å². The van der Waals surface area contributed by atoms with Gasteiger partial charge >= 0.3 is 0 Å². The minimum atomic E-state index is -0.802. The van der Waals surface area contributed by atoms with Gasteiger partial charge < -0.3 is 9.64 Å². The average Bonchev–Trinajstić information content (AvgIpc) is 1.88. The van der Waals surface area contributed by atoms with Crippen molar-refractivity contribution >= 4 is 0 Å². The molecule has 2 atom stereocenters. The van der Waals surface area contributed by atoms with Gasteiger partial charge in [0.1, 0.15) is 6.17 Å². The van der Waals surface area contributed by atoms with Crippen LogP contribution in [0.15, 0.2) is 0 Å². The molecule has 0 aliphatic carbocycles. The van der Waals surface area contributed by atoms with E-state index in [1.165, 1.54) is 0 Å². The number of hydrogen-bond acceptors (Lipinski definition) is 2. The lowest BCUT2D eigenvalue weighted by Crippen LogP contribution is -2.43. The zero-order chi connectivity index (χ0) is 7.56. The molecular weight excluding hydrogens is 133 g/mol. The van der Waals surface area contributed by atoms with Gasteiger partial charge in [-0.3, -0.25) is 0 Å². The molecule has 0 unspecified atom stereocenters. The fourth-order valence-corrected chi connectivity index (χ4v) is 1.30. The monoisotopic (exact) mass is 147 g/mol. The van der Waals surface area contributed by atoms with Gasteiger partial charge in [0.15, 0.2) is 0 Å². The standard InChI is InChI=1S/C7H14FNO/c1-9-4-3-7(10-2)6(8)5-9/h6-7H,3-5H2,1-2H3/t6-,7-/m0/s1. The number of hydrogen-bond donors (Lipinski definition) is 0. The lowest BCUT2D eigenvalue weighted by atomic mass is 10.1.